The molecule has 0 aliphatic rings. The number of carboxylic acid groups (broad SMARTS) is 1. The van der Waals surface area contributed by atoms with Crippen molar-refractivity contribution < 1.29 is 9.90 Å². The van der Waals surface area contributed by atoms with Crippen LogP contribution in [-0.4, -0.2) is 26.3 Å². The molecule has 0 bridgehead atoms. The van der Waals surface area contributed by atoms with Crippen LogP contribution in [0.1, 0.15) is 16.2 Å². The van der Waals surface area contributed by atoms with Gasteiger partial charge < -0.3 is 5.11 Å². The molecule has 3 aromatic rings. The van der Waals surface area contributed by atoms with E-state index in [1.54, 1.807) is 12.3 Å². The lowest BCUT2D eigenvalue weighted by Crippen LogP contribution is -1.99. The second-order valence-electron chi connectivity index (χ2n) is 4.32. The van der Waals surface area contributed by atoms with Crippen LogP contribution in [0.5, 0.6) is 0 Å². The topological polar surface area (TPSA) is 78.9 Å². The first kappa shape index (κ1) is 11.4. The Morgan fingerprint density at radius 3 is 2.68 bits per heavy atom. The summed E-state index contributed by atoms with van der Waals surface area (Å²) in [5.41, 5.74) is 3.83. The Morgan fingerprint density at radius 2 is 2.00 bits per heavy atom. The summed E-state index contributed by atoms with van der Waals surface area (Å²) in [7, 11) is 0. The first-order valence-corrected chi connectivity index (χ1v) is 5.79. The third-order valence-corrected chi connectivity index (χ3v) is 3.06. The van der Waals surface area contributed by atoms with Gasteiger partial charge in [0.25, 0.3) is 0 Å². The summed E-state index contributed by atoms with van der Waals surface area (Å²) >= 11 is 0. The van der Waals surface area contributed by atoms with Crippen molar-refractivity contribution in [1.29, 1.82) is 0 Å². The number of carboxylic acids is 1. The Balaban J connectivity index is 2.08. The maximum Gasteiger partial charge on any atom is 0.354 e. The Hall–Kier alpha value is -2.69. The second kappa shape index (κ2) is 4.20. The molecule has 0 unspecified atom stereocenters. The maximum atomic E-state index is 10.8. The molecule has 94 valence electrons. The molecule has 0 fully saturated rings. The van der Waals surface area contributed by atoms with Crippen LogP contribution >= 0.6 is 0 Å². The average Bonchev–Trinajstić information content (AvgIpc) is 2.80. The van der Waals surface area contributed by atoms with Gasteiger partial charge in [0, 0.05) is 22.8 Å². The highest BCUT2D eigenvalue weighted by Gasteiger charge is 2.07. The van der Waals surface area contributed by atoms with E-state index in [-0.39, 0.29) is 5.69 Å². The summed E-state index contributed by atoms with van der Waals surface area (Å²) in [6.45, 7) is 1.96. The van der Waals surface area contributed by atoms with Crippen molar-refractivity contribution in [2.45, 2.75) is 6.92 Å². The van der Waals surface area contributed by atoms with Crippen LogP contribution < -0.4 is 0 Å². The molecule has 2 heterocycles. The number of nitrogens with zero attached hydrogens (tertiary/aromatic N) is 2. The number of H-pyrrole nitrogens is 1. The van der Waals surface area contributed by atoms with Gasteiger partial charge in [0.1, 0.15) is 5.69 Å². The van der Waals surface area contributed by atoms with Crippen LogP contribution in [-0.2, 0) is 0 Å². The van der Waals surface area contributed by atoms with Crippen molar-refractivity contribution in [2.75, 3.05) is 0 Å². The summed E-state index contributed by atoms with van der Waals surface area (Å²) in [5, 5.41) is 17.0. The van der Waals surface area contributed by atoms with E-state index in [1.807, 2.05) is 25.1 Å². The molecule has 19 heavy (non-hydrogen) atoms. The van der Waals surface area contributed by atoms with E-state index >= 15 is 0 Å². The van der Waals surface area contributed by atoms with Crippen LogP contribution in [0.15, 0.2) is 36.5 Å². The number of fused-ring (bicyclic) bond motifs is 1. The van der Waals surface area contributed by atoms with Gasteiger partial charge in [-0.2, -0.15) is 5.10 Å². The highest BCUT2D eigenvalue weighted by Crippen LogP contribution is 2.24. The number of carbonyl (C=O) groups is 1. The quantitative estimate of drug-likeness (QED) is 0.735. The number of hydrogen-bond donors (Lipinski definition) is 2. The fraction of sp³-hybridized carbons (Fsp3) is 0.0714. The van der Waals surface area contributed by atoms with Crippen molar-refractivity contribution in [1.82, 2.24) is 15.2 Å². The number of benzene rings is 1. The Labute approximate surface area is 108 Å². The van der Waals surface area contributed by atoms with Gasteiger partial charge in [-0.1, -0.05) is 12.1 Å². The minimum absolute atomic E-state index is 0.0457. The standard InChI is InChI=1S/C14H11N3O2/c1-8-11-6-9(2-4-12(11)17-16-8)10-3-5-13(14(18)19)15-7-10/h2-7H,1H3,(H,16,17)(H,18,19). The van der Waals surface area contributed by atoms with Gasteiger partial charge in [-0.3, -0.25) is 5.10 Å². The van der Waals surface area contributed by atoms with Crippen LogP contribution in [0, 0.1) is 6.92 Å². The fourth-order valence-corrected chi connectivity index (χ4v) is 2.01. The molecule has 2 aromatic heterocycles. The zero-order valence-electron chi connectivity index (χ0n) is 10.2. The maximum absolute atomic E-state index is 10.8. The van der Waals surface area contributed by atoms with Crippen molar-refractivity contribution in [3.8, 4) is 11.1 Å². The van der Waals surface area contributed by atoms with E-state index in [4.69, 9.17) is 5.11 Å². The first-order chi connectivity index (χ1) is 9.15. The molecule has 0 spiro atoms. The number of aryl methyl sites for hydroxylation is 1. The molecule has 0 radical (unpaired) electrons. The molecule has 0 saturated carbocycles. The molecule has 5 heteroatoms. The van der Waals surface area contributed by atoms with Gasteiger partial charge in [-0.25, -0.2) is 9.78 Å². The van der Waals surface area contributed by atoms with Crippen LogP contribution in [0.4, 0.5) is 0 Å². The molecule has 1 aromatic carbocycles. The van der Waals surface area contributed by atoms with E-state index in [0.29, 0.717) is 0 Å². The lowest BCUT2D eigenvalue weighted by molar-refractivity contribution is 0.0690. The van der Waals surface area contributed by atoms with E-state index in [1.165, 1.54) is 6.07 Å². The Bertz CT molecular complexity index is 760. The van der Waals surface area contributed by atoms with Crippen LogP contribution in [0.3, 0.4) is 0 Å². The van der Waals surface area contributed by atoms with Gasteiger partial charge in [-0.05, 0) is 30.7 Å². The number of aromatic amines is 1. The summed E-state index contributed by atoms with van der Waals surface area (Å²) in [6.07, 6.45) is 1.57. The lowest BCUT2D eigenvalue weighted by Gasteiger charge is -2.02. The predicted molar refractivity (Wildman–Crippen MR) is 71.0 cm³/mol. The molecule has 0 aliphatic carbocycles. The van der Waals surface area contributed by atoms with Crippen molar-refractivity contribution in [2.24, 2.45) is 0 Å². The first-order valence-electron chi connectivity index (χ1n) is 5.79. The molecule has 5 nitrogen and oxygen atoms in total. The minimum atomic E-state index is -1.02. The van der Waals surface area contributed by atoms with Crippen LogP contribution in [0.2, 0.25) is 0 Å². The summed E-state index contributed by atoms with van der Waals surface area (Å²) in [5.74, 6) is -1.02. The highest BCUT2D eigenvalue weighted by molar-refractivity contribution is 5.88. The van der Waals surface area contributed by atoms with Crippen molar-refractivity contribution in [3.63, 3.8) is 0 Å². The molecule has 0 amide bonds. The van der Waals surface area contributed by atoms with E-state index in [2.05, 4.69) is 15.2 Å². The van der Waals surface area contributed by atoms with Gasteiger partial charge in [0.2, 0.25) is 0 Å². The molecule has 3 rings (SSSR count). The van der Waals surface area contributed by atoms with Gasteiger partial charge in [-0.15, -0.1) is 0 Å². The minimum Gasteiger partial charge on any atom is -0.477 e. The number of nitrogens with one attached hydrogen (secondary N) is 1. The van der Waals surface area contributed by atoms with Gasteiger partial charge in [0.15, 0.2) is 0 Å². The number of hydrogen-bond acceptors (Lipinski definition) is 3. The van der Waals surface area contributed by atoms with E-state index < -0.39 is 5.97 Å². The van der Waals surface area contributed by atoms with Crippen LogP contribution in [0.25, 0.3) is 22.0 Å². The lowest BCUT2D eigenvalue weighted by atomic mass is 10.0. The summed E-state index contributed by atoms with van der Waals surface area (Å²) < 4.78 is 0. The number of aromatic nitrogens is 3. The molecular weight excluding hydrogens is 242 g/mol. The van der Waals surface area contributed by atoms with E-state index in [0.717, 1.165) is 27.7 Å². The largest absolute Gasteiger partial charge is 0.477 e. The molecule has 0 aliphatic heterocycles. The SMILES string of the molecule is Cc1[nH]nc2ccc(-c3ccc(C(=O)O)nc3)cc12. The summed E-state index contributed by atoms with van der Waals surface area (Å²) in [4.78, 5) is 14.7. The molecule has 2 N–H and O–H groups in total. The average molecular weight is 253 g/mol. The fourth-order valence-electron chi connectivity index (χ4n) is 2.01. The van der Waals surface area contributed by atoms with Gasteiger partial charge in [0.05, 0.1) is 5.52 Å². The highest BCUT2D eigenvalue weighted by atomic mass is 16.4. The normalized spacial score (nSPS) is 10.8. The smallest absolute Gasteiger partial charge is 0.354 e. The second-order valence-corrected chi connectivity index (χ2v) is 4.32. The Morgan fingerprint density at radius 1 is 1.21 bits per heavy atom. The number of pyridine rings is 1. The molecule has 0 atom stereocenters. The third kappa shape index (κ3) is 1.95. The summed E-state index contributed by atoms with van der Waals surface area (Å²) in [6, 6.07) is 9.15. The molecular formula is C14H11N3O2. The van der Waals surface area contributed by atoms with E-state index in [9.17, 15) is 4.79 Å². The zero-order valence-corrected chi connectivity index (χ0v) is 10.2. The monoisotopic (exact) mass is 253 g/mol. The van der Waals surface area contributed by atoms with Crippen molar-refractivity contribution >= 4 is 16.9 Å². The zero-order chi connectivity index (χ0) is 13.4. The van der Waals surface area contributed by atoms with Gasteiger partial charge >= 0.3 is 5.97 Å². The Kier molecular flexibility index (Phi) is 2.52. The third-order valence-electron chi connectivity index (χ3n) is 3.06. The molecule has 0 saturated heterocycles. The predicted octanol–water partition coefficient (Wildman–Crippen LogP) is 2.63. The number of aromatic carboxylic acids is 1. The number of rotatable bonds is 2. The van der Waals surface area contributed by atoms with Crippen molar-refractivity contribution in [3.05, 3.63) is 47.9 Å².